The van der Waals surface area contributed by atoms with Gasteiger partial charge in [-0.25, -0.2) is 0 Å². The van der Waals surface area contributed by atoms with Crippen molar-refractivity contribution in [3.8, 4) is 11.5 Å². The molecule has 3 aromatic rings. The molecule has 4 rings (SSSR count). The molecular formula is C25H23NO5S. The van der Waals surface area contributed by atoms with Crippen LogP contribution in [0, 0.1) is 0 Å². The third kappa shape index (κ3) is 3.99. The maximum absolute atomic E-state index is 13.1. The summed E-state index contributed by atoms with van der Waals surface area (Å²) in [4.78, 5) is 28.5. The number of carbonyl (C=O) groups excluding carboxylic acids is 2. The predicted molar refractivity (Wildman–Crippen MR) is 124 cm³/mol. The highest BCUT2D eigenvalue weighted by Crippen LogP contribution is 2.44. The third-order valence-electron chi connectivity index (χ3n) is 5.10. The standard InChI is InChI=1S/C25H23NO5S/c1-3-30-18-12-10-17(11-13-18)26-22(20-9-6-14-32-20)21(24(28)25(26)29)23(27)16-7-5-8-19(15-16)31-4-2/h5-15,22,27H,3-4H2,1-2H3/b23-21-. The van der Waals surface area contributed by atoms with Gasteiger partial charge in [0.2, 0.25) is 0 Å². The van der Waals surface area contributed by atoms with Gasteiger partial charge in [-0.3, -0.25) is 14.5 Å². The Hall–Kier alpha value is -3.58. The van der Waals surface area contributed by atoms with Crippen LogP contribution < -0.4 is 14.4 Å². The summed E-state index contributed by atoms with van der Waals surface area (Å²) in [6.07, 6.45) is 0. The molecule has 164 valence electrons. The number of hydrogen-bond donors (Lipinski definition) is 1. The van der Waals surface area contributed by atoms with Crippen LogP contribution in [0.3, 0.4) is 0 Å². The Morgan fingerprint density at radius 1 is 0.969 bits per heavy atom. The van der Waals surface area contributed by atoms with E-state index in [1.54, 1.807) is 48.5 Å². The average molecular weight is 450 g/mol. The number of anilines is 1. The summed E-state index contributed by atoms with van der Waals surface area (Å²) in [6, 6.07) is 16.8. The lowest BCUT2D eigenvalue weighted by molar-refractivity contribution is -0.132. The van der Waals surface area contributed by atoms with Crippen molar-refractivity contribution in [1.29, 1.82) is 0 Å². The average Bonchev–Trinajstić information content (AvgIpc) is 3.42. The number of ether oxygens (including phenoxy) is 2. The zero-order valence-corrected chi connectivity index (χ0v) is 18.6. The van der Waals surface area contributed by atoms with E-state index in [0.29, 0.717) is 36.0 Å². The second-order valence-electron chi connectivity index (χ2n) is 7.07. The van der Waals surface area contributed by atoms with Crippen LogP contribution >= 0.6 is 11.3 Å². The SMILES string of the molecule is CCOc1ccc(N2C(=O)C(=O)/C(=C(\O)c3cccc(OCC)c3)C2c2cccs2)cc1. The zero-order valence-electron chi connectivity index (χ0n) is 17.8. The lowest BCUT2D eigenvalue weighted by atomic mass is 9.99. The molecule has 0 bridgehead atoms. The van der Waals surface area contributed by atoms with E-state index in [1.807, 2.05) is 31.4 Å². The number of hydrogen-bond acceptors (Lipinski definition) is 6. The van der Waals surface area contributed by atoms with Crippen LogP contribution in [0.1, 0.15) is 30.3 Å². The van der Waals surface area contributed by atoms with Crippen molar-refractivity contribution in [3.05, 3.63) is 82.1 Å². The van der Waals surface area contributed by atoms with Gasteiger partial charge >= 0.3 is 0 Å². The highest BCUT2D eigenvalue weighted by atomic mass is 32.1. The third-order valence-corrected chi connectivity index (χ3v) is 6.03. The molecule has 1 aliphatic heterocycles. The Bertz CT molecular complexity index is 1150. The maximum atomic E-state index is 13.1. The lowest BCUT2D eigenvalue weighted by Gasteiger charge is -2.24. The van der Waals surface area contributed by atoms with Crippen molar-refractivity contribution >= 4 is 34.5 Å². The number of carbonyl (C=O) groups is 2. The monoisotopic (exact) mass is 449 g/mol. The molecule has 1 amide bonds. The quantitative estimate of drug-likeness (QED) is 0.306. The van der Waals surface area contributed by atoms with Gasteiger partial charge in [0.05, 0.1) is 18.8 Å². The molecule has 0 aliphatic carbocycles. The van der Waals surface area contributed by atoms with Crippen molar-refractivity contribution < 1.29 is 24.2 Å². The fourth-order valence-electron chi connectivity index (χ4n) is 3.74. The zero-order chi connectivity index (χ0) is 22.7. The maximum Gasteiger partial charge on any atom is 0.300 e. The van der Waals surface area contributed by atoms with Crippen LogP contribution in [-0.4, -0.2) is 30.0 Å². The molecule has 1 N–H and O–H groups in total. The fourth-order valence-corrected chi connectivity index (χ4v) is 4.56. The molecule has 0 saturated carbocycles. The van der Waals surface area contributed by atoms with Crippen molar-refractivity contribution in [2.24, 2.45) is 0 Å². The largest absolute Gasteiger partial charge is 0.507 e. The first kappa shape index (κ1) is 21.6. The van der Waals surface area contributed by atoms with Crippen LogP contribution in [0.25, 0.3) is 5.76 Å². The summed E-state index contributed by atoms with van der Waals surface area (Å²) in [5.41, 5.74) is 1.03. The molecule has 0 radical (unpaired) electrons. The van der Waals surface area contributed by atoms with Crippen LogP contribution in [0.2, 0.25) is 0 Å². The minimum Gasteiger partial charge on any atom is -0.507 e. The normalized spacial score (nSPS) is 17.6. The Labute approximate surface area is 190 Å². The summed E-state index contributed by atoms with van der Waals surface area (Å²) in [6.45, 7) is 4.76. The molecule has 1 atom stereocenters. The molecule has 1 aliphatic rings. The minimum atomic E-state index is -0.733. The number of aliphatic hydroxyl groups excluding tert-OH is 1. The van der Waals surface area contributed by atoms with Gasteiger partial charge in [-0.1, -0.05) is 18.2 Å². The number of benzene rings is 2. The van der Waals surface area contributed by atoms with E-state index in [1.165, 1.54) is 16.2 Å². The number of ketones is 1. The molecule has 1 aromatic heterocycles. The van der Waals surface area contributed by atoms with E-state index in [4.69, 9.17) is 9.47 Å². The number of amides is 1. The fraction of sp³-hybridized carbons (Fsp3) is 0.200. The molecule has 6 nitrogen and oxygen atoms in total. The van der Waals surface area contributed by atoms with Gasteiger partial charge in [0.1, 0.15) is 23.3 Å². The molecule has 32 heavy (non-hydrogen) atoms. The molecule has 2 aromatic carbocycles. The van der Waals surface area contributed by atoms with Crippen LogP contribution in [0.5, 0.6) is 11.5 Å². The van der Waals surface area contributed by atoms with Gasteiger partial charge in [0, 0.05) is 16.1 Å². The minimum absolute atomic E-state index is 0.0555. The molecule has 1 fully saturated rings. The summed E-state index contributed by atoms with van der Waals surface area (Å²) < 4.78 is 11.0. The summed E-state index contributed by atoms with van der Waals surface area (Å²) in [7, 11) is 0. The first-order valence-corrected chi connectivity index (χ1v) is 11.2. The van der Waals surface area contributed by atoms with Crippen molar-refractivity contribution in [2.75, 3.05) is 18.1 Å². The van der Waals surface area contributed by atoms with Gasteiger partial charge in [-0.15, -0.1) is 11.3 Å². The van der Waals surface area contributed by atoms with Gasteiger partial charge < -0.3 is 14.6 Å². The van der Waals surface area contributed by atoms with Crippen molar-refractivity contribution in [3.63, 3.8) is 0 Å². The van der Waals surface area contributed by atoms with Crippen molar-refractivity contribution in [1.82, 2.24) is 0 Å². The van der Waals surface area contributed by atoms with Gasteiger partial charge in [-0.2, -0.15) is 0 Å². The molecule has 1 saturated heterocycles. The first-order valence-electron chi connectivity index (χ1n) is 10.4. The Kier molecular flexibility index (Phi) is 6.28. The van der Waals surface area contributed by atoms with E-state index in [-0.39, 0.29) is 11.3 Å². The number of aliphatic hydroxyl groups is 1. The summed E-state index contributed by atoms with van der Waals surface area (Å²) in [5, 5.41) is 13.0. The topological polar surface area (TPSA) is 76.1 Å². The molecular weight excluding hydrogens is 426 g/mol. The number of thiophene rings is 1. The molecule has 2 heterocycles. The highest BCUT2D eigenvalue weighted by Gasteiger charge is 2.47. The van der Waals surface area contributed by atoms with Crippen molar-refractivity contribution in [2.45, 2.75) is 19.9 Å². The smallest absolute Gasteiger partial charge is 0.300 e. The molecule has 7 heteroatoms. The van der Waals surface area contributed by atoms with E-state index in [9.17, 15) is 14.7 Å². The van der Waals surface area contributed by atoms with Gasteiger partial charge in [0.25, 0.3) is 11.7 Å². The molecule has 0 spiro atoms. The van der Waals surface area contributed by atoms with E-state index in [2.05, 4.69) is 0 Å². The summed E-state index contributed by atoms with van der Waals surface area (Å²) >= 11 is 1.42. The predicted octanol–water partition coefficient (Wildman–Crippen LogP) is 5.17. The van der Waals surface area contributed by atoms with E-state index < -0.39 is 17.7 Å². The van der Waals surface area contributed by atoms with E-state index in [0.717, 1.165) is 4.88 Å². The van der Waals surface area contributed by atoms with Gasteiger partial charge in [-0.05, 0) is 61.7 Å². The lowest BCUT2D eigenvalue weighted by Crippen LogP contribution is -2.29. The van der Waals surface area contributed by atoms with Gasteiger partial charge in [0.15, 0.2) is 0 Å². The van der Waals surface area contributed by atoms with Crippen LogP contribution in [-0.2, 0) is 9.59 Å². The Morgan fingerprint density at radius 2 is 1.69 bits per heavy atom. The number of rotatable bonds is 7. The number of nitrogens with zero attached hydrogens (tertiary/aromatic N) is 1. The van der Waals surface area contributed by atoms with E-state index >= 15 is 0 Å². The number of Topliss-reactive ketones (excluding diaryl/α,β-unsaturated/α-hetero) is 1. The summed E-state index contributed by atoms with van der Waals surface area (Å²) in [5.74, 6) is -0.387. The second-order valence-corrected chi connectivity index (χ2v) is 8.05. The van der Waals surface area contributed by atoms with Crippen LogP contribution in [0.15, 0.2) is 71.6 Å². The second kappa shape index (κ2) is 9.28. The highest BCUT2D eigenvalue weighted by molar-refractivity contribution is 7.10. The van der Waals surface area contributed by atoms with Crippen LogP contribution in [0.4, 0.5) is 5.69 Å². The first-order chi connectivity index (χ1) is 15.5. The Balaban J connectivity index is 1.83. The Morgan fingerprint density at radius 3 is 2.34 bits per heavy atom. The molecule has 1 unspecified atom stereocenters.